The molecule has 0 aliphatic heterocycles. The van der Waals surface area contributed by atoms with E-state index in [0.717, 1.165) is 0 Å². The van der Waals surface area contributed by atoms with E-state index in [1.165, 1.54) is 24.3 Å². The van der Waals surface area contributed by atoms with Crippen LogP contribution >= 0.6 is 0 Å². The maximum Gasteiger partial charge on any atom is 0.359 e. The zero-order valence-electron chi connectivity index (χ0n) is 9.60. The highest BCUT2D eigenvalue weighted by atomic mass is 32.3. The molecule has 0 unspecified atom stereocenters. The van der Waals surface area contributed by atoms with Crippen molar-refractivity contribution in [1.29, 1.82) is 0 Å². The topological polar surface area (TPSA) is 97.8 Å². The van der Waals surface area contributed by atoms with Crippen LogP contribution in [0.2, 0.25) is 0 Å². The Labute approximate surface area is 105 Å². The van der Waals surface area contributed by atoms with Gasteiger partial charge in [-0.25, -0.2) is 21.6 Å². The molecule has 0 bridgehead atoms. The van der Waals surface area contributed by atoms with Crippen LogP contribution in [0.5, 0.6) is 0 Å². The summed E-state index contributed by atoms with van der Waals surface area (Å²) in [6, 6.07) is 7.43. The van der Waals surface area contributed by atoms with Crippen LogP contribution in [0.25, 0.3) is 0 Å². The fourth-order valence-electron chi connectivity index (χ4n) is 1.08. The molecule has 0 saturated heterocycles. The van der Waals surface area contributed by atoms with Gasteiger partial charge in [-0.2, -0.15) is 0 Å². The standard InChI is InChI=1S/C9H11NO6S2/c1-17(12,13)10(18(2,14)15)16-9(11)8-6-4-3-5-7-8/h3-7H,1-2H3. The normalized spacial score (nSPS) is 12.4. The van der Waals surface area contributed by atoms with Crippen molar-refractivity contribution in [2.75, 3.05) is 12.5 Å². The number of hydrogen-bond donors (Lipinski definition) is 0. The summed E-state index contributed by atoms with van der Waals surface area (Å²) < 4.78 is 44.5. The summed E-state index contributed by atoms with van der Waals surface area (Å²) in [4.78, 5) is 15.9. The van der Waals surface area contributed by atoms with Crippen molar-refractivity contribution in [2.24, 2.45) is 0 Å². The van der Waals surface area contributed by atoms with E-state index >= 15 is 0 Å². The molecule has 0 N–H and O–H groups in total. The number of sulfonamides is 2. The molecule has 100 valence electrons. The van der Waals surface area contributed by atoms with E-state index in [9.17, 15) is 21.6 Å². The van der Waals surface area contributed by atoms with Crippen LogP contribution in [0.1, 0.15) is 10.4 Å². The van der Waals surface area contributed by atoms with Gasteiger partial charge in [-0.1, -0.05) is 18.2 Å². The molecule has 0 atom stereocenters. The lowest BCUT2D eigenvalue weighted by atomic mass is 10.2. The minimum atomic E-state index is -4.22. The Kier molecular flexibility index (Phi) is 4.09. The van der Waals surface area contributed by atoms with Crippen LogP contribution in [0.15, 0.2) is 30.3 Å². The summed E-state index contributed by atoms with van der Waals surface area (Å²) in [5.41, 5.74) is 0.0369. The smallest absolute Gasteiger partial charge is 0.333 e. The lowest BCUT2D eigenvalue weighted by Crippen LogP contribution is -2.37. The molecule has 0 fully saturated rings. The molecule has 0 saturated carbocycles. The third-order valence-corrected chi connectivity index (χ3v) is 4.57. The van der Waals surface area contributed by atoms with Gasteiger partial charge in [0.2, 0.25) is 0 Å². The zero-order valence-corrected chi connectivity index (χ0v) is 11.2. The van der Waals surface area contributed by atoms with Crippen molar-refractivity contribution < 1.29 is 26.5 Å². The predicted molar refractivity (Wildman–Crippen MR) is 63.4 cm³/mol. The Bertz CT molecular complexity index is 603. The molecule has 18 heavy (non-hydrogen) atoms. The van der Waals surface area contributed by atoms with Crippen LogP contribution in [0.3, 0.4) is 0 Å². The van der Waals surface area contributed by atoms with Crippen LogP contribution < -0.4 is 0 Å². The number of hydrogen-bond acceptors (Lipinski definition) is 6. The van der Waals surface area contributed by atoms with Crippen LogP contribution in [-0.4, -0.2) is 39.2 Å². The van der Waals surface area contributed by atoms with Crippen molar-refractivity contribution in [3.8, 4) is 0 Å². The fraction of sp³-hybridized carbons (Fsp3) is 0.222. The summed E-state index contributed by atoms with van der Waals surface area (Å²) >= 11 is 0. The third kappa shape index (κ3) is 3.79. The van der Waals surface area contributed by atoms with E-state index in [0.29, 0.717) is 12.5 Å². The van der Waals surface area contributed by atoms with E-state index < -0.39 is 26.0 Å². The lowest BCUT2D eigenvalue weighted by molar-refractivity contribution is 0.000733. The second-order valence-electron chi connectivity index (χ2n) is 3.43. The van der Waals surface area contributed by atoms with Crippen molar-refractivity contribution in [3.05, 3.63) is 35.9 Å². The molecule has 1 aromatic carbocycles. The van der Waals surface area contributed by atoms with E-state index in [4.69, 9.17) is 0 Å². The molecule has 0 radical (unpaired) electrons. The first-order chi connectivity index (χ1) is 8.12. The summed E-state index contributed by atoms with van der Waals surface area (Å²) in [5, 5.41) is 0. The Morgan fingerprint density at radius 2 is 1.44 bits per heavy atom. The van der Waals surface area contributed by atoms with Gasteiger partial charge in [0.25, 0.3) is 20.0 Å². The highest BCUT2D eigenvalue weighted by Gasteiger charge is 2.32. The Morgan fingerprint density at radius 3 is 1.83 bits per heavy atom. The minimum Gasteiger partial charge on any atom is -0.333 e. The van der Waals surface area contributed by atoms with E-state index in [1.807, 2.05) is 0 Å². The number of carbonyl (C=O) groups is 1. The number of rotatable bonds is 4. The molecule has 0 aliphatic carbocycles. The van der Waals surface area contributed by atoms with E-state index in [2.05, 4.69) is 4.84 Å². The molecule has 9 heteroatoms. The number of carbonyl (C=O) groups excluding carboxylic acids is 1. The van der Waals surface area contributed by atoms with Gasteiger partial charge >= 0.3 is 5.97 Å². The largest absolute Gasteiger partial charge is 0.359 e. The van der Waals surface area contributed by atoms with Crippen LogP contribution in [0.4, 0.5) is 0 Å². The molecule has 1 aromatic rings. The second kappa shape index (κ2) is 5.04. The van der Waals surface area contributed by atoms with Crippen LogP contribution in [-0.2, 0) is 24.9 Å². The highest BCUT2D eigenvalue weighted by Crippen LogP contribution is 2.10. The molecule has 1 rings (SSSR count). The van der Waals surface area contributed by atoms with Gasteiger partial charge in [0.1, 0.15) is 0 Å². The predicted octanol–water partition coefficient (Wildman–Crippen LogP) is -0.0204. The van der Waals surface area contributed by atoms with E-state index in [1.54, 1.807) is 6.07 Å². The molecular weight excluding hydrogens is 282 g/mol. The van der Waals surface area contributed by atoms with E-state index in [-0.39, 0.29) is 9.44 Å². The zero-order chi connectivity index (χ0) is 14.0. The molecule has 0 spiro atoms. The molecule has 0 amide bonds. The average Bonchev–Trinajstić information content (AvgIpc) is 2.23. The molecule has 0 heterocycles. The third-order valence-electron chi connectivity index (χ3n) is 1.71. The highest BCUT2D eigenvalue weighted by molar-refractivity contribution is 8.03. The minimum absolute atomic E-state index is 0.0369. The number of benzene rings is 1. The fourth-order valence-corrected chi connectivity index (χ4v) is 3.45. The first kappa shape index (κ1) is 14.6. The Morgan fingerprint density at radius 1 is 1.00 bits per heavy atom. The van der Waals surface area contributed by atoms with Gasteiger partial charge in [0, 0.05) is 0 Å². The van der Waals surface area contributed by atoms with Gasteiger partial charge in [-0.3, -0.25) is 0 Å². The van der Waals surface area contributed by atoms with Crippen molar-refractivity contribution in [1.82, 2.24) is 3.87 Å². The molecule has 0 aliphatic rings. The van der Waals surface area contributed by atoms with Gasteiger partial charge in [-0.15, -0.1) is 0 Å². The summed E-state index contributed by atoms with van der Waals surface area (Å²) in [7, 11) is -8.45. The molecule has 7 nitrogen and oxygen atoms in total. The Hall–Kier alpha value is -1.45. The maximum atomic E-state index is 11.6. The van der Waals surface area contributed by atoms with Crippen molar-refractivity contribution in [2.45, 2.75) is 0 Å². The first-order valence-corrected chi connectivity index (χ1v) is 8.30. The van der Waals surface area contributed by atoms with Gasteiger partial charge in [-0.05, 0) is 12.1 Å². The van der Waals surface area contributed by atoms with Gasteiger partial charge in [0.05, 0.1) is 21.9 Å². The summed E-state index contributed by atoms with van der Waals surface area (Å²) in [5.74, 6) is -1.08. The quantitative estimate of drug-likeness (QED) is 0.724. The first-order valence-electron chi connectivity index (χ1n) is 4.60. The van der Waals surface area contributed by atoms with Crippen molar-refractivity contribution >= 4 is 26.0 Å². The van der Waals surface area contributed by atoms with Crippen LogP contribution in [0, 0.1) is 0 Å². The summed E-state index contributed by atoms with van der Waals surface area (Å²) in [6.07, 6.45) is 1.23. The van der Waals surface area contributed by atoms with Crippen molar-refractivity contribution in [3.63, 3.8) is 0 Å². The SMILES string of the molecule is CS(=O)(=O)N(OC(=O)c1ccccc1)S(C)(=O)=O. The maximum absolute atomic E-state index is 11.6. The average molecular weight is 293 g/mol. The monoisotopic (exact) mass is 293 g/mol. The Balaban J connectivity index is 3.05. The second-order valence-corrected chi connectivity index (χ2v) is 7.26. The summed E-state index contributed by atoms with van der Waals surface area (Å²) in [6.45, 7) is 0. The number of nitrogens with zero attached hydrogens (tertiary/aromatic N) is 1. The molecule has 0 aromatic heterocycles. The van der Waals surface area contributed by atoms with Gasteiger partial charge < -0.3 is 4.84 Å². The van der Waals surface area contributed by atoms with Gasteiger partial charge in [0.15, 0.2) is 0 Å². The lowest BCUT2D eigenvalue weighted by Gasteiger charge is -2.15. The molecular formula is C9H11NO6S2.